The first-order chi connectivity index (χ1) is 8.17. The molecule has 17 heavy (non-hydrogen) atoms. The van der Waals surface area contributed by atoms with Gasteiger partial charge in [-0.05, 0) is 24.8 Å². The molecule has 1 aromatic carbocycles. The van der Waals surface area contributed by atoms with Gasteiger partial charge in [0.1, 0.15) is 0 Å². The zero-order valence-corrected chi connectivity index (χ0v) is 11.8. The average Bonchev–Trinajstić information content (AvgIpc) is 2.36. The predicted octanol–water partition coefficient (Wildman–Crippen LogP) is 3.10. The van der Waals surface area contributed by atoms with Gasteiger partial charge in [0, 0.05) is 22.3 Å². The van der Waals surface area contributed by atoms with Gasteiger partial charge in [-0.1, -0.05) is 19.1 Å². The summed E-state index contributed by atoms with van der Waals surface area (Å²) in [6.45, 7) is 2.22. The number of hydrogen-bond acceptors (Lipinski definition) is 4. The molecule has 2 nitrogen and oxygen atoms in total. The number of ketones is 1. The molecular formula is C13H18O2S2. The molecule has 0 aliphatic rings. The van der Waals surface area contributed by atoms with Crippen LogP contribution in [0.4, 0.5) is 0 Å². The highest BCUT2D eigenvalue weighted by Crippen LogP contribution is 2.18. The van der Waals surface area contributed by atoms with Crippen molar-refractivity contribution in [1.29, 1.82) is 0 Å². The second-order valence-corrected chi connectivity index (χ2v) is 6.09. The Morgan fingerprint density at radius 3 is 2.53 bits per heavy atom. The fourth-order valence-electron chi connectivity index (χ4n) is 1.34. The maximum Gasteiger partial charge on any atom is 0.172 e. The summed E-state index contributed by atoms with van der Waals surface area (Å²) in [4.78, 5) is 13.0. The van der Waals surface area contributed by atoms with E-state index in [4.69, 9.17) is 5.11 Å². The van der Waals surface area contributed by atoms with E-state index in [1.165, 1.54) is 4.90 Å². The van der Waals surface area contributed by atoms with Crippen molar-refractivity contribution in [2.24, 2.45) is 0 Å². The first kappa shape index (κ1) is 14.6. The molecule has 0 radical (unpaired) electrons. The second kappa shape index (κ2) is 7.80. The maximum atomic E-state index is 11.9. The van der Waals surface area contributed by atoms with Gasteiger partial charge in [0.25, 0.3) is 0 Å². The van der Waals surface area contributed by atoms with E-state index >= 15 is 0 Å². The fraction of sp³-hybridized carbons (Fsp3) is 0.462. The van der Waals surface area contributed by atoms with Gasteiger partial charge in [0.15, 0.2) is 5.78 Å². The van der Waals surface area contributed by atoms with Crippen LogP contribution >= 0.6 is 23.5 Å². The summed E-state index contributed by atoms with van der Waals surface area (Å²) in [5.74, 6) is 0.646. The topological polar surface area (TPSA) is 37.3 Å². The largest absolute Gasteiger partial charge is 0.396 e. The van der Waals surface area contributed by atoms with Gasteiger partial charge in [0.05, 0.1) is 5.75 Å². The maximum absolute atomic E-state index is 11.9. The van der Waals surface area contributed by atoms with E-state index in [2.05, 4.69) is 0 Å². The minimum absolute atomic E-state index is 0.160. The van der Waals surface area contributed by atoms with Gasteiger partial charge in [-0.3, -0.25) is 4.79 Å². The van der Waals surface area contributed by atoms with Gasteiger partial charge in [-0.15, -0.1) is 11.8 Å². The van der Waals surface area contributed by atoms with Crippen LogP contribution in [-0.2, 0) is 0 Å². The molecule has 0 saturated heterocycles. The Morgan fingerprint density at radius 1 is 1.35 bits per heavy atom. The van der Waals surface area contributed by atoms with Gasteiger partial charge in [-0.2, -0.15) is 11.8 Å². The zero-order chi connectivity index (χ0) is 12.7. The molecule has 0 aliphatic heterocycles. The monoisotopic (exact) mass is 270 g/mol. The molecule has 0 fully saturated rings. The van der Waals surface area contributed by atoms with Gasteiger partial charge >= 0.3 is 0 Å². The Labute approximate surface area is 111 Å². The number of rotatable bonds is 7. The van der Waals surface area contributed by atoms with Crippen LogP contribution in [0.25, 0.3) is 0 Å². The molecule has 0 spiro atoms. The number of benzene rings is 1. The summed E-state index contributed by atoms with van der Waals surface area (Å²) in [6, 6.07) is 7.70. The molecular weight excluding hydrogens is 252 g/mol. The Balaban J connectivity index is 2.46. The van der Waals surface area contributed by atoms with Crippen molar-refractivity contribution in [3.63, 3.8) is 0 Å². The van der Waals surface area contributed by atoms with Gasteiger partial charge in [0.2, 0.25) is 0 Å². The standard InChI is InChI=1S/C13H18O2S2/c1-10(7-8-14)17-9-13(15)11-3-5-12(16-2)6-4-11/h3-6,10,14H,7-9H2,1-2H3. The van der Waals surface area contributed by atoms with Crippen LogP contribution in [0.15, 0.2) is 29.2 Å². The Morgan fingerprint density at radius 2 is 2.00 bits per heavy atom. The summed E-state index contributed by atoms with van der Waals surface area (Å²) in [5.41, 5.74) is 0.770. The molecule has 0 aromatic heterocycles. The molecule has 1 unspecified atom stereocenters. The summed E-state index contributed by atoms with van der Waals surface area (Å²) in [7, 11) is 0. The van der Waals surface area contributed by atoms with E-state index in [1.54, 1.807) is 23.5 Å². The highest BCUT2D eigenvalue weighted by atomic mass is 32.2. The summed E-state index contributed by atoms with van der Waals surface area (Å²) < 4.78 is 0. The van der Waals surface area contributed by atoms with Crippen molar-refractivity contribution in [2.75, 3.05) is 18.6 Å². The van der Waals surface area contributed by atoms with Gasteiger partial charge in [-0.25, -0.2) is 0 Å². The first-order valence-corrected chi connectivity index (χ1v) is 7.84. The molecule has 0 heterocycles. The van der Waals surface area contributed by atoms with E-state index in [0.29, 0.717) is 11.0 Å². The van der Waals surface area contributed by atoms with Crippen LogP contribution in [0.2, 0.25) is 0 Å². The van der Waals surface area contributed by atoms with E-state index in [9.17, 15) is 4.79 Å². The van der Waals surface area contributed by atoms with E-state index in [-0.39, 0.29) is 12.4 Å². The van der Waals surface area contributed by atoms with Crippen molar-refractivity contribution >= 4 is 29.3 Å². The lowest BCUT2D eigenvalue weighted by Gasteiger charge is -2.08. The Hall–Kier alpha value is -0.450. The highest BCUT2D eigenvalue weighted by Gasteiger charge is 2.09. The summed E-state index contributed by atoms with van der Waals surface area (Å²) in [6.07, 6.45) is 2.76. The second-order valence-electron chi connectivity index (χ2n) is 3.79. The number of hydrogen-bond donors (Lipinski definition) is 1. The van der Waals surface area contributed by atoms with Crippen molar-refractivity contribution in [3.05, 3.63) is 29.8 Å². The van der Waals surface area contributed by atoms with Crippen molar-refractivity contribution in [3.8, 4) is 0 Å². The summed E-state index contributed by atoms with van der Waals surface area (Å²) >= 11 is 3.27. The van der Waals surface area contributed by atoms with E-state index < -0.39 is 0 Å². The summed E-state index contributed by atoms with van der Waals surface area (Å²) in [5, 5.41) is 9.10. The normalized spacial score (nSPS) is 12.4. The van der Waals surface area contributed by atoms with E-state index in [0.717, 1.165) is 12.0 Å². The molecule has 1 rings (SSSR count). The molecule has 1 N–H and O–H groups in total. The van der Waals surface area contributed by atoms with Gasteiger partial charge < -0.3 is 5.11 Å². The number of thioether (sulfide) groups is 2. The minimum atomic E-state index is 0.160. The minimum Gasteiger partial charge on any atom is -0.396 e. The van der Waals surface area contributed by atoms with E-state index in [1.807, 2.05) is 37.4 Å². The molecule has 1 atom stereocenters. The third-order valence-corrected chi connectivity index (χ3v) is 4.42. The quantitative estimate of drug-likeness (QED) is 0.610. The molecule has 0 bridgehead atoms. The van der Waals surface area contributed by atoms with Crippen LogP contribution < -0.4 is 0 Å². The number of carbonyl (C=O) groups is 1. The smallest absolute Gasteiger partial charge is 0.172 e. The lowest BCUT2D eigenvalue weighted by molar-refractivity contribution is 0.102. The van der Waals surface area contributed by atoms with Crippen molar-refractivity contribution < 1.29 is 9.90 Å². The number of aliphatic hydroxyl groups is 1. The number of Topliss-reactive ketones (excluding diaryl/α,β-unsaturated/α-hetero) is 1. The number of carbonyl (C=O) groups excluding carboxylic acids is 1. The first-order valence-electron chi connectivity index (χ1n) is 5.57. The van der Waals surface area contributed by atoms with Crippen molar-refractivity contribution in [2.45, 2.75) is 23.5 Å². The Bertz CT molecular complexity index is 349. The SMILES string of the molecule is CSc1ccc(C(=O)CSC(C)CCO)cc1. The number of aliphatic hydroxyl groups excluding tert-OH is 1. The molecule has 0 saturated carbocycles. The van der Waals surface area contributed by atoms with Crippen LogP contribution in [0.5, 0.6) is 0 Å². The zero-order valence-electron chi connectivity index (χ0n) is 10.2. The molecule has 94 valence electrons. The average molecular weight is 270 g/mol. The fourth-order valence-corrected chi connectivity index (χ4v) is 2.63. The Kier molecular flexibility index (Phi) is 6.70. The third-order valence-electron chi connectivity index (χ3n) is 2.45. The highest BCUT2D eigenvalue weighted by molar-refractivity contribution is 8.00. The van der Waals surface area contributed by atoms with Crippen molar-refractivity contribution in [1.82, 2.24) is 0 Å². The lowest BCUT2D eigenvalue weighted by Crippen LogP contribution is -2.07. The third kappa shape index (κ3) is 5.15. The molecule has 4 heteroatoms. The van der Waals surface area contributed by atoms with Crippen LogP contribution in [0, 0.1) is 0 Å². The molecule has 0 amide bonds. The molecule has 0 aliphatic carbocycles. The lowest BCUT2D eigenvalue weighted by atomic mass is 10.1. The van der Waals surface area contributed by atoms with Crippen LogP contribution in [-0.4, -0.2) is 34.8 Å². The molecule has 1 aromatic rings. The van der Waals surface area contributed by atoms with Crippen LogP contribution in [0.3, 0.4) is 0 Å². The predicted molar refractivity (Wildman–Crippen MR) is 76.2 cm³/mol. The van der Waals surface area contributed by atoms with Crippen LogP contribution in [0.1, 0.15) is 23.7 Å².